The number of amides is 1. The number of nitro groups is 1. The fourth-order valence-corrected chi connectivity index (χ4v) is 5.14. The second-order valence-corrected chi connectivity index (χ2v) is 9.85. The Kier molecular flexibility index (Phi) is 6.19. The van der Waals surface area contributed by atoms with Crippen LogP contribution in [-0.4, -0.2) is 15.9 Å². The predicted octanol–water partition coefficient (Wildman–Crippen LogP) is 4.81. The minimum Gasteiger partial charge on any atom is -0.323 e. The molecule has 1 amide bonds. The van der Waals surface area contributed by atoms with Gasteiger partial charge in [0.1, 0.15) is 11.1 Å². The van der Waals surface area contributed by atoms with E-state index in [4.69, 9.17) is 12.2 Å². The first-order chi connectivity index (χ1) is 14.1. The molecule has 0 bridgehead atoms. The molecule has 30 heavy (non-hydrogen) atoms. The van der Waals surface area contributed by atoms with Crippen molar-refractivity contribution in [1.82, 2.24) is 5.32 Å². The number of nitrogens with one attached hydrogen (secondary N) is 2. The van der Waals surface area contributed by atoms with Crippen molar-refractivity contribution in [2.24, 2.45) is 11.3 Å². The minimum absolute atomic E-state index is 0.0500. The maximum Gasteiger partial charge on any atom is 0.270 e. The van der Waals surface area contributed by atoms with Gasteiger partial charge in [-0.1, -0.05) is 26.8 Å². The van der Waals surface area contributed by atoms with Crippen molar-refractivity contribution in [2.75, 3.05) is 5.32 Å². The molecule has 2 N–H and O–H groups in total. The number of nitrogens with zero attached hydrogens (tertiary/aromatic N) is 2. The van der Waals surface area contributed by atoms with Gasteiger partial charge in [-0.3, -0.25) is 20.2 Å². The molecule has 0 spiro atoms. The van der Waals surface area contributed by atoms with Crippen molar-refractivity contribution in [3.63, 3.8) is 0 Å². The molecular weight excluding hydrogens is 420 g/mol. The summed E-state index contributed by atoms with van der Waals surface area (Å²) in [6, 6.07) is 7.69. The molecule has 0 fully saturated rings. The van der Waals surface area contributed by atoms with Gasteiger partial charge in [-0.2, -0.15) is 5.26 Å². The Bertz CT molecular complexity index is 1060. The van der Waals surface area contributed by atoms with Crippen molar-refractivity contribution >= 4 is 45.3 Å². The van der Waals surface area contributed by atoms with E-state index < -0.39 is 10.8 Å². The fourth-order valence-electron chi connectivity index (χ4n) is 3.60. The summed E-state index contributed by atoms with van der Waals surface area (Å²) < 4.78 is 0. The van der Waals surface area contributed by atoms with Gasteiger partial charge in [-0.05, 0) is 54.4 Å². The molecule has 0 saturated carbocycles. The molecule has 156 valence electrons. The summed E-state index contributed by atoms with van der Waals surface area (Å²) in [6.45, 7) is 6.71. The van der Waals surface area contributed by atoms with Crippen LogP contribution in [0.2, 0.25) is 0 Å². The zero-order valence-electron chi connectivity index (χ0n) is 16.9. The summed E-state index contributed by atoms with van der Waals surface area (Å²) in [6.07, 6.45) is 2.81. The predicted molar refractivity (Wildman–Crippen MR) is 121 cm³/mol. The average molecular weight is 443 g/mol. The maximum atomic E-state index is 12.4. The highest BCUT2D eigenvalue weighted by molar-refractivity contribution is 7.80. The number of nitro benzene ring substituents is 1. The van der Waals surface area contributed by atoms with E-state index in [0.717, 1.165) is 24.8 Å². The van der Waals surface area contributed by atoms with E-state index in [0.29, 0.717) is 16.5 Å². The van der Waals surface area contributed by atoms with Crippen molar-refractivity contribution in [3.8, 4) is 6.07 Å². The van der Waals surface area contributed by atoms with Gasteiger partial charge in [-0.15, -0.1) is 11.3 Å². The molecule has 1 aliphatic carbocycles. The first-order valence-corrected chi connectivity index (χ1v) is 10.7. The average Bonchev–Trinajstić information content (AvgIpc) is 3.03. The Morgan fingerprint density at radius 1 is 1.40 bits per heavy atom. The van der Waals surface area contributed by atoms with Gasteiger partial charge in [0.2, 0.25) is 0 Å². The van der Waals surface area contributed by atoms with E-state index in [1.807, 2.05) is 0 Å². The number of carbonyl (C=O) groups excluding carboxylic acids is 1. The summed E-state index contributed by atoms with van der Waals surface area (Å²) >= 11 is 6.75. The molecule has 9 heteroatoms. The molecule has 7 nitrogen and oxygen atoms in total. The number of hydrogen-bond acceptors (Lipinski definition) is 6. The molecule has 2 aromatic rings. The lowest BCUT2D eigenvalue weighted by molar-refractivity contribution is -0.384. The molecule has 1 atom stereocenters. The van der Waals surface area contributed by atoms with E-state index >= 15 is 0 Å². The molecule has 3 rings (SSSR count). The minimum atomic E-state index is -0.562. The molecule has 0 unspecified atom stereocenters. The second-order valence-electron chi connectivity index (χ2n) is 8.34. The van der Waals surface area contributed by atoms with Crippen LogP contribution in [0.5, 0.6) is 0 Å². The summed E-state index contributed by atoms with van der Waals surface area (Å²) in [5.41, 5.74) is 1.80. The summed E-state index contributed by atoms with van der Waals surface area (Å²) in [4.78, 5) is 23.9. The smallest absolute Gasteiger partial charge is 0.270 e. The largest absolute Gasteiger partial charge is 0.323 e. The molecule has 1 aromatic carbocycles. The highest BCUT2D eigenvalue weighted by Gasteiger charge is 2.32. The van der Waals surface area contributed by atoms with Crippen LogP contribution < -0.4 is 10.6 Å². The van der Waals surface area contributed by atoms with Crippen molar-refractivity contribution < 1.29 is 9.72 Å². The molecule has 0 saturated heterocycles. The van der Waals surface area contributed by atoms with Gasteiger partial charge in [-0.25, -0.2) is 0 Å². The summed E-state index contributed by atoms with van der Waals surface area (Å²) in [5.74, 6) is -0.00704. The number of hydrogen-bond donors (Lipinski definition) is 2. The first-order valence-electron chi connectivity index (χ1n) is 9.51. The lowest BCUT2D eigenvalue weighted by Gasteiger charge is -2.33. The lowest BCUT2D eigenvalue weighted by atomic mass is 9.72. The van der Waals surface area contributed by atoms with E-state index in [9.17, 15) is 20.2 Å². The number of thiocarbonyl (C=S) groups is 1. The lowest BCUT2D eigenvalue weighted by Crippen LogP contribution is -2.34. The highest BCUT2D eigenvalue weighted by atomic mass is 32.1. The molecule has 1 aromatic heterocycles. The van der Waals surface area contributed by atoms with Crippen LogP contribution in [0.15, 0.2) is 24.3 Å². The van der Waals surface area contributed by atoms with Crippen molar-refractivity contribution in [2.45, 2.75) is 40.0 Å². The third-order valence-corrected chi connectivity index (χ3v) is 6.75. The van der Waals surface area contributed by atoms with Crippen LogP contribution >= 0.6 is 23.6 Å². The normalized spacial score (nSPS) is 15.6. The van der Waals surface area contributed by atoms with Gasteiger partial charge in [0.25, 0.3) is 11.6 Å². The standard InChI is InChI=1S/C21H22N4O3S2/c1-21(2,3)13-7-8-15-16(11-22)19(30-17(15)10-13)24-20(29)23-18(26)12-5-4-6-14(9-12)25(27)28/h4-6,9,13H,7-8,10H2,1-3H3,(H2,23,24,26,29)/t13-/m1/s1. The van der Waals surface area contributed by atoms with Gasteiger partial charge in [0.05, 0.1) is 10.5 Å². The van der Waals surface area contributed by atoms with E-state index in [2.05, 4.69) is 37.5 Å². The van der Waals surface area contributed by atoms with Crippen LogP contribution in [0, 0.1) is 32.8 Å². The Morgan fingerprint density at radius 2 is 2.13 bits per heavy atom. The van der Waals surface area contributed by atoms with Gasteiger partial charge < -0.3 is 5.32 Å². The van der Waals surface area contributed by atoms with Crippen LogP contribution in [0.3, 0.4) is 0 Å². The highest BCUT2D eigenvalue weighted by Crippen LogP contribution is 2.43. The second kappa shape index (κ2) is 8.50. The number of non-ortho nitro benzene ring substituents is 1. The number of benzene rings is 1. The van der Waals surface area contributed by atoms with Crippen molar-refractivity contribution in [1.29, 1.82) is 5.26 Å². The SMILES string of the molecule is CC(C)(C)[C@@H]1CCc2c(sc(NC(=S)NC(=O)c3cccc([N+](=O)[O-])c3)c2C#N)C1. The topological polar surface area (TPSA) is 108 Å². The van der Waals surface area contributed by atoms with Gasteiger partial charge >= 0.3 is 0 Å². The third kappa shape index (κ3) is 4.66. The number of nitriles is 1. The van der Waals surface area contributed by atoms with E-state index in [1.54, 1.807) is 0 Å². The first kappa shape index (κ1) is 21.9. The summed E-state index contributed by atoms with van der Waals surface area (Å²) in [7, 11) is 0. The molecular formula is C21H22N4O3S2. The Balaban J connectivity index is 1.74. The Morgan fingerprint density at radius 3 is 2.77 bits per heavy atom. The quantitative estimate of drug-likeness (QED) is 0.401. The fraction of sp³-hybridized carbons (Fsp3) is 0.381. The molecule has 0 radical (unpaired) electrons. The Hall–Kier alpha value is -2.83. The number of anilines is 1. The van der Waals surface area contributed by atoms with Gasteiger partial charge in [0, 0.05) is 22.6 Å². The number of carbonyl (C=O) groups is 1. The van der Waals surface area contributed by atoms with E-state index in [-0.39, 0.29) is 21.8 Å². The van der Waals surface area contributed by atoms with Crippen LogP contribution in [-0.2, 0) is 12.8 Å². The Labute approximate surface area is 184 Å². The zero-order valence-corrected chi connectivity index (χ0v) is 18.6. The maximum absolute atomic E-state index is 12.4. The molecule has 0 aliphatic heterocycles. The number of rotatable bonds is 3. The number of fused-ring (bicyclic) bond motifs is 1. The van der Waals surface area contributed by atoms with Crippen molar-refractivity contribution in [3.05, 3.63) is 55.9 Å². The number of thiophene rings is 1. The molecule has 1 heterocycles. The van der Waals surface area contributed by atoms with E-state index in [1.165, 1.54) is 40.5 Å². The molecule has 1 aliphatic rings. The monoisotopic (exact) mass is 442 g/mol. The van der Waals surface area contributed by atoms with Crippen LogP contribution in [0.4, 0.5) is 10.7 Å². The van der Waals surface area contributed by atoms with Crippen LogP contribution in [0.1, 0.15) is 53.6 Å². The zero-order chi connectivity index (χ0) is 22.1. The van der Waals surface area contributed by atoms with Gasteiger partial charge in [0.15, 0.2) is 5.11 Å². The third-order valence-electron chi connectivity index (χ3n) is 5.38. The summed E-state index contributed by atoms with van der Waals surface area (Å²) in [5, 5.41) is 26.7. The van der Waals surface area contributed by atoms with Crippen LogP contribution in [0.25, 0.3) is 0 Å².